The highest BCUT2D eigenvalue weighted by Gasteiger charge is 2.31. The first kappa shape index (κ1) is 17.2. The minimum absolute atomic E-state index is 0.215. The third kappa shape index (κ3) is 3.58. The fourth-order valence-corrected chi connectivity index (χ4v) is 3.11. The third-order valence-electron chi connectivity index (χ3n) is 3.52. The van der Waals surface area contributed by atoms with Crippen LogP contribution in [0.5, 0.6) is 0 Å². The Balaban J connectivity index is 1.92. The summed E-state index contributed by atoms with van der Waals surface area (Å²) in [6.07, 6.45) is -2.79. The van der Waals surface area contributed by atoms with Crippen molar-refractivity contribution in [2.45, 2.75) is 6.18 Å². The smallest absolute Gasteiger partial charge is 0.370 e. The number of benzene rings is 1. The lowest BCUT2D eigenvalue weighted by Gasteiger charge is -2.07. The van der Waals surface area contributed by atoms with E-state index in [0.29, 0.717) is 5.56 Å². The molecule has 1 aliphatic heterocycles. The van der Waals surface area contributed by atoms with Gasteiger partial charge in [0.15, 0.2) is 0 Å². The normalized spacial score (nSPS) is 16.1. The van der Waals surface area contributed by atoms with Crippen molar-refractivity contribution in [3.8, 4) is 0 Å². The molecule has 0 aliphatic carbocycles. The topological polar surface area (TPSA) is 41.9 Å². The van der Waals surface area contributed by atoms with Crippen LogP contribution in [-0.4, -0.2) is 25.8 Å². The molecule has 0 radical (unpaired) electrons. The van der Waals surface area contributed by atoms with Gasteiger partial charge in [-0.05, 0) is 30.3 Å². The molecule has 2 heterocycles. The Morgan fingerprint density at radius 3 is 2.36 bits per heavy atom. The third-order valence-corrected chi connectivity index (χ3v) is 4.72. The van der Waals surface area contributed by atoms with Crippen molar-refractivity contribution in [1.29, 1.82) is 0 Å². The Labute approximate surface area is 145 Å². The number of oxime groups is 1. The first-order chi connectivity index (χ1) is 11.8. The van der Waals surface area contributed by atoms with E-state index >= 15 is 0 Å². The predicted molar refractivity (Wildman–Crippen MR) is 90.7 cm³/mol. The standard InChI is InChI=1S/C17H13F3N2O2S/c1-22(2)14-8-7-12(25-14)9-13-15(21-24-16(13)23)10-3-5-11(6-4-10)17(18,19)20/h3-9H,1-2H3/b13-9-. The van der Waals surface area contributed by atoms with E-state index < -0.39 is 17.7 Å². The van der Waals surface area contributed by atoms with Gasteiger partial charge in [0, 0.05) is 24.5 Å². The van der Waals surface area contributed by atoms with Gasteiger partial charge in [-0.1, -0.05) is 17.3 Å². The van der Waals surface area contributed by atoms with E-state index in [2.05, 4.69) is 5.16 Å². The molecule has 0 bridgehead atoms. The minimum Gasteiger partial charge on any atom is -0.370 e. The monoisotopic (exact) mass is 366 g/mol. The molecule has 0 spiro atoms. The van der Waals surface area contributed by atoms with Crippen LogP contribution < -0.4 is 4.90 Å². The van der Waals surface area contributed by atoms with Crippen LogP contribution >= 0.6 is 11.3 Å². The van der Waals surface area contributed by atoms with Gasteiger partial charge >= 0.3 is 12.1 Å². The van der Waals surface area contributed by atoms with Crippen LogP contribution in [0.2, 0.25) is 0 Å². The maximum Gasteiger partial charge on any atom is 0.416 e. The summed E-state index contributed by atoms with van der Waals surface area (Å²) in [5, 5.41) is 4.72. The zero-order valence-electron chi connectivity index (χ0n) is 13.3. The molecule has 0 atom stereocenters. The average molecular weight is 366 g/mol. The molecule has 0 saturated carbocycles. The Morgan fingerprint density at radius 2 is 1.80 bits per heavy atom. The summed E-state index contributed by atoms with van der Waals surface area (Å²) in [6, 6.07) is 8.21. The van der Waals surface area contributed by atoms with Crippen molar-refractivity contribution < 1.29 is 22.8 Å². The summed E-state index contributed by atoms with van der Waals surface area (Å²) in [5.74, 6) is -0.630. The predicted octanol–water partition coefficient (Wildman–Crippen LogP) is 4.18. The van der Waals surface area contributed by atoms with Crippen LogP contribution in [0.3, 0.4) is 0 Å². The number of nitrogens with zero attached hydrogens (tertiary/aromatic N) is 2. The fraction of sp³-hybridized carbons (Fsp3) is 0.176. The van der Waals surface area contributed by atoms with Crippen LogP contribution in [-0.2, 0) is 15.8 Å². The van der Waals surface area contributed by atoms with Crippen molar-refractivity contribution in [2.24, 2.45) is 5.16 Å². The van der Waals surface area contributed by atoms with Gasteiger partial charge in [0.1, 0.15) is 5.71 Å². The molecule has 2 aromatic rings. The van der Waals surface area contributed by atoms with Gasteiger partial charge in [-0.2, -0.15) is 13.2 Å². The van der Waals surface area contributed by atoms with Gasteiger partial charge in [-0.15, -0.1) is 11.3 Å². The number of carbonyl (C=O) groups is 1. The summed E-state index contributed by atoms with van der Waals surface area (Å²) in [6.45, 7) is 0. The maximum absolute atomic E-state index is 12.7. The summed E-state index contributed by atoms with van der Waals surface area (Å²) in [4.78, 5) is 19.4. The van der Waals surface area contributed by atoms with Gasteiger partial charge in [0.05, 0.1) is 16.1 Å². The van der Waals surface area contributed by atoms with E-state index in [9.17, 15) is 18.0 Å². The zero-order chi connectivity index (χ0) is 18.2. The fourth-order valence-electron chi connectivity index (χ4n) is 2.24. The molecule has 0 amide bonds. The lowest BCUT2D eigenvalue weighted by atomic mass is 10.0. The second kappa shape index (κ2) is 6.36. The van der Waals surface area contributed by atoms with Crippen molar-refractivity contribution in [3.63, 3.8) is 0 Å². The van der Waals surface area contributed by atoms with Crippen LogP contribution in [0, 0.1) is 0 Å². The van der Waals surface area contributed by atoms with Crippen molar-refractivity contribution in [1.82, 2.24) is 0 Å². The molecule has 0 fully saturated rings. The van der Waals surface area contributed by atoms with E-state index in [1.165, 1.54) is 23.5 Å². The molecular formula is C17H13F3N2O2S. The summed E-state index contributed by atoms with van der Waals surface area (Å²) in [7, 11) is 3.81. The number of anilines is 1. The molecule has 130 valence electrons. The molecular weight excluding hydrogens is 353 g/mol. The lowest BCUT2D eigenvalue weighted by Crippen LogP contribution is -2.08. The van der Waals surface area contributed by atoms with E-state index in [0.717, 1.165) is 22.0 Å². The number of thiophene rings is 1. The second-order valence-electron chi connectivity index (χ2n) is 5.52. The molecule has 1 aromatic carbocycles. The highest BCUT2D eigenvalue weighted by Crippen LogP contribution is 2.31. The van der Waals surface area contributed by atoms with E-state index in [4.69, 9.17) is 4.84 Å². The molecule has 4 nitrogen and oxygen atoms in total. The highest BCUT2D eigenvalue weighted by atomic mass is 32.1. The quantitative estimate of drug-likeness (QED) is 0.605. The molecule has 0 N–H and O–H groups in total. The molecule has 0 saturated heterocycles. The second-order valence-corrected chi connectivity index (χ2v) is 6.62. The van der Waals surface area contributed by atoms with Crippen molar-refractivity contribution in [3.05, 3.63) is 58.0 Å². The van der Waals surface area contributed by atoms with Crippen LogP contribution in [0.25, 0.3) is 6.08 Å². The number of hydrogen-bond acceptors (Lipinski definition) is 5. The number of halogens is 3. The van der Waals surface area contributed by atoms with E-state index in [1.807, 2.05) is 31.1 Å². The molecule has 0 unspecified atom stereocenters. The van der Waals surface area contributed by atoms with Gasteiger partial charge in [-0.3, -0.25) is 0 Å². The summed E-state index contributed by atoms with van der Waals surface area (Å²) < 4.78 is 38.0. The SMILES string of the molecule is CN(C)c1ccc(/C=C2\C(=O)ON=C2c2ccc(C(F)(F)F)cc2)s1. The summed E-state index contributed by atoms with van der Waals surface area (Å²) >= 11 is 1.47. The first-order valence-electron chi connectivity index (χ1n) is 7.22. The molecule has 8 heteroatoms. The van der Waals surface area contributed by atoms with E-state index in [-0.39, 0.29) is 11.3 Å². The van der Waals surface area contributed by atoms with Gasteiger partial charge in [0.25, 0.3) is 0 Å². The average Bonchev–Trinajstić information content (AvgIpc) is 3.15. The molecule has 3 rings (SSSR count). The number of rotatable bonds is 3. The zero-order valence-corrected chi connectivity index (χ0v) is 14.1. The Hall–Kier alpha value is -2.61. The van der Waals surface area contributed by atoms with Gasteiger partial charge in [0.2, 0.25) is 0 Å². The van der Waals surface area contributed by atoms with Gasteiger partial charge < -0.3 is 9.74 Å². The number of carbonyl (C=O) groups excluding carboxylic acids is 1. The van der Waals surface area contributed by atoms with Crippen LogP contribution in [0.4, 0.5) is 18.2 Å². The Bertz CT molecular complexity index is 865. The largest absolute Gasteiger partial charge is 0.416 e. The first-order valence-corrected chi connectivity index (χ1v) is 8.03. The molecule has 1 aliphatic rings. The Kier molecular flexibility index (Phi) is 4.38. The van der Waals surface area contributed by atoms with Crippen LogP contribution in [0.1, 0.15) is 16.0 Å². The lowest BCUT2D eigenvalue weighted by molar-refractivity contribution is -0.138. The minimum atomic E-state index is -4.42. The van der Waals surface area contributed by atoms with Crippen LogP contribution in [0.15, 0.2) is 47.1 Å². The van der Waals surface area contributed by atoms with E-state index in [1.54, 1.807) is 6.08 Å². The number of hydrogen-bond donors (Lipinski definition) is 0. The summed E-state index contributed by atoms with van der Waals surface area (Å²) in [5.41, 5.74) is 0.0569. The Morgan fingerprint density at radius 1 is 1.12 bits per heavy atom. The number of alkyl halides is 3. The molecule has 25 heavy (non-hydrogen) atoms. The van der Waals surface area contributed by atoms with Crippen molar-refractivity contribution >= 4 is 34.1 Å². The van der Waals surface area contributed by atoms with Crippen molar-refractivity contribution in [2.75, 3.05) is 19.0 Å². The maximum atomic E-state index is 12.7. The molecule has 1 aromatic heterocycles. The van der Waals surface area contributed by atoms with Gasteiger partial charge in [-0.25, -0.2) is 4.79 Å². The highest BCUT2D eigenvalue weighted by molar-refractivity contribution is 7.17.